The van der Waals surface area contributed by atoms with Gasteiger partial charge in [0.2, 0.25) is 11.8 Å². The molecule has 184 valence electrons. The summed E-state index contributed by atoms with van der Waals surface area (Å²) < 4.78 is 10.9. The fourth-order valence-electron chi connectivity index (χ4n) is 4.26. The second-order valence-electron chi connectivity index (χ2n) is 8.23. The van der Waals surface area contributed by atoms with Crippen molar-refractivity contribution in [3.8, 4) is 5.75 Å². The Bertz CT molecular complexity index is 1120. The molecule has 3 aromatic rings. The van der Waals surface area contributed by atoms with Gasteiger partial charge in [-0.15, -0.1) is 11.3 Å². The normalized spacial score (nSPS) is 14.3. The summed E-state index contributed by atoms with van der Waals surface area (Å²) in [4.78, 5) is 41.9. The highest BCUT2D eigenvalue weighted by Gasteiger charge is 2.36. The van der Waals surface area contributed by atoms with Crippen LogP contribution in [0.5, 0.6) is 5.75 Å². The molecule has 1 aromatic carbocycles. The Morgan fingerprint density at radius 1 is 1.11 bits per heavy atom. The van der Waals surface area contributed by atoms with Crippen LogP contribution < -0.4 is 20.3 Å². The maximum Gasteiger partial charge on any atom is 0.287 e. The van der Waals surface area contributed by atoms with Gasteiger partial charge in [0.15, 0.2) is 5.76 Å². The molecule has 0 aliphatic heterocycles. The summed E-state index contributed by atoms with van der Waals surface area (Å²) in [5, 5.41) is 7.62. The van der Waals surface area contributed by atoms with Gasteiger partial charge in [-0.2, -0.15) is 0 Å². The predicted octanol–water partition coefficient (Wildman–Crippen LogP) is 4.30. The van der Waals surface area contributed by atoms with Gasteiger partial charge in [-0.3, -0.25) is 19.3 Å². The maximum atomic E-state index is 13.7. The van der Waals surface area contributed by atoms with Crippen LogP contribution in [0.1, 0.15) is 54.1 Å². The number of nitrogens with zero attached hydrogens (tertiary/aromatic N) is 1. The lowest BCUT2D eigenvalue weighted by Gasteiger charge is -2.32. The minimum absolute atomic E-state index is 0.0858. The fourth-order valence-corrected chi connectivity index (χ4v) is 5.07. The first-order valence-corrected chi connectivity index (χ1v) is 12.7. The van der Waals surface area contributed by atoms with E-state index in [1.807, 2.05) is 30.5 Å². The first-order chi connectivity index (χ1) is 17.1. The van der Waals surface area contributed by atoms with E-state index in [1.165, 1.54) is 28.6 Å². The number of amides is 3. The van der Waals surface area contributed by atoms with Gasteiger partial charge < -0.3 is 19.8 Å². The maximum absolute atomic E-state index is 13.7. The van der Waals surface area contributed by atoms with Crippen molar-refractivity contribution in [2.24, 2.45) is 0 Å². The van der Waals surface area contributed by atoms with Crippen LogP contribution in [-0.4, -0.2) is 36.9 Å². The van der Waals surface area contributed by atoms with Gasteiger partial charge in [-0.25, -0.2) is 0 Å². The highest BCUT2D eigenvalue weighted by Crippen LogP contribution is 2.36. The summed E-state index contributed by atoms with van der Waals surface area (Å²) in [5.74, 6) is -0.623. The molecule has 0 bridgehead atoms. The number of para-hydroxylation sites is 2. The van der Waals surface area contributed by atoms with Gasteiger partial charge in [0.1, 0.15) is 11.8 Å². The van der Waals surface area contributed by atoms with Crippen molar-refractivity contribution in [2.75, 3.05) is 18.1 Å². The van der Waals surface area contributed by atoms with Gasteiger partial charge in [0, 0.05) is 10.9 Å². The van der Waals surface area contributed by atoms with E-state index >= 15 is 0 Å². The number of benzene rings is 1. The van der Waals surface area contributed by atoms with E-state index in [2.05, 4.69) is 10.6 Å². The van der Waals surface area contributed by atoms with Crippen molar-refractivity contribution >= 4 is 34.7 Å². The third kappa shape index (κ3) is 5.92. The minimum atomic E-state index is -0.912. The Balaban J connectivity index is 1.68. The Morgan fingerprint density at radius 2 is 1.91 bits per heavy atom. The molecule has 0 spiro atoms. The Morgan fingerprint density at radius 3 is 2.60 bits per heavy atom. The fraction of sp³-hybridized carbons (Fsp3) is 0.346. The monoisotopic (exact) mass is 495 g/mol. The van der Waals surface area contributed by atoms with E-state index in [0.717, 1.165) is 30.6 Å². The molecule has 1 atom stereocenters. The van der Waals surface area contributed by atoms with Crippen LogP contribution in [0.25, 0.3) is 0 Å². The standard InChI is InChI=1S/C26H29N3O5S/c1-2-33-20-12-6-5-11-19(20)29(23(30)17-27-25(31)21-13-7-15-34-21)24(22-14-8-16-35-22)26(32)28-18-9-3-4-10-18/h5-8,11-16,18,24H,2-4,9-10,17H2,1H3,(H,27,31)(H,28,32). The van der Waals surface area contributed by atoms with Gasteiger partial charge in [0.25, 0.3) is 5.91 Å². The summed E-state index contributed by atoms with van der Waals surface area (Å²) in [6.45, 7) is 1.93. The lowest BCUT2D eigenvalue weighted by atomic mass is 10.1. The van der Waals surface area contributed by atoms with Crippen LogP contribution in [-0.2, 0) is 9.59 Å². The van der Waals surface area contributed by atoms with Crippen molar-refractivity contribution in [1.82, 2.24) is 10.6 Å². The summed E-state index contributed by atoms with van der Waals surface area (Å²) in [6.07, 6.45) is 5.38. The Labute approximate surface area is 208 Å². The van der Waals surface area contributed by atoms with Gasteiger partial charge in [-0.1, -0.05) is 31.0 Å². The molecule has 35 heavy (non-hydrogen) atoms. The number of nitrogens with one attached hydrogen (secondary N) is 2. The third-order valence-electron chi connectivity index (χ3n) is 5.86. The number of furan rings is 1. The molecule has 9 heteroatoms. The number of rotatable bonds is 10. The van der Waals surface area contributed by atoms with E-state index in [4.69, 9.17) is 9.15 Å². The average Bonchev–Trinajstić information content (AvgIpc) is 3.65. The Hall–Kier alpha value is -3.59. The van der Waals surface area contributed by atoms with E-state index in [-0.39, 0.29) is 24.3 Å². The number of hydrogen-bond acceptors (Lipinski definition) is 6. The van der Waals surface area contributed by atoms with E-state index in [9.17, 15) is 14.4 Å². The first kappa shape index (κ1) is 24.5. The second-order valence-corrected chi connectivity index (χ2v) is 9.21. The summed E-state index contributed by atoms with van der Waals surface area (Å²) in [6, 6.07) is 13.1. The SMILES string of the molecule is CCOc1ccccc1N(C(=O)CNC(=O)c1ccco1)C(C(=O)NC1CCCC1)c1cccs1. The zero-order valence-corrected chi connectivity index (χ0v) is 20.4. The molecule has 0 saturated heterocycles. The summed E-state index contributed by atoms with van der Waals surface area (Å²) in [5.41, 5.74) is 0.464. The van der Waals surface area contributed by atoms with Crippen LogP contribution in [0.15, 0.2) is 64.6 Å². The number of anilines is 1. The molecule has 4 rings (SSSR count). The van der Waals surface area contributed by atoms with Gasteiger partial charge >= 0.3 is 0 Å². The number of thiophene rings is 1. The number of hydrogen-bond donors (Lipinski definition) is 2. The number of carbonyl (C=O) groups excluding carboxylic acids is 3. The smallest absolute Gasteiger partial charge is 0.287 e. The molecule has 2 N–H and O–H groups in total. The molecular weight excluding hydrogens is 466 g/mol. The predicted molar refractivity (Wildman–Crippen MR) is 134 cm³/mol. The lowest BCUT2D eigenvalue weighted by molar-refractivity contribution is -0.126. The van der Waals surface area contributed by atoms with Gasteiger partial charge in [0.05, 0.1) is 25.1 Å². The summed E-state index contributed by atoms with van der Waals surface area (Å²) in [7, 11) is 0. The van der Waals surface area contributed by atoms with Crippen LogP contribution in [0.2, 0.25) is 0 Å². The van der Waals surface area contributed by atoms with Crippen molar-refractivity contribution < 1.29 is 23.5 Å². The molecule has 1 unspecified atom stereocenters. The lowest BCUT2D eigenvalue weighted by Crippen LogP contribution is -2.49. The Kier molecular flexibility index (Phi) is 8.20. The molecule has 3 amide bonds. The average molecular weight is 496 g/mol. The van der Waals surface area contributed by atoms with Crippen molar-refractivity contribution in [2.45, 2.75) is 44.7 Å². The second kappa shape index (κ2) is 11.7. The van der Waals surface area contributed by atoms with E-state index in [0.29, 0.717) is 18.0 Å². The van der Waals surface area contributed by atoms with Crippen LogP contribution >= 0.6 is 11.3 Å². The van der Waals surface area contributed by atoms with Crippen molar-refractivity contribution in [1.29, 1.82) is 0 Å². The largest absolute Gasteiger partial charge is 0.492 e. The quantitative estimate of drug-likeness (QED) is 0.437. The van der Waals surface area contributed by atoms with Crippen molar-refractivity contribution in [3.05, 3.63) is 70.8 Å². The minimum Gasteiger partial charge on any atom is -0.492 e. The van der Waals surface area contributed by atoms with E-state index < -0.39 is 17.9 Å². The molecular formula is C26H29N3O5S. The van der Waals surface area contributed by atoms with Crippen LogP contribution in [0, 0.1) is 0 Å². The van der Waals surface area contributed by atoms with Crippen LogP contribution in [0.4, 0.5) is 5.69 Å². The van der Waals surface area contributed by atoms with Crippen LogP contribution in [0.3, 0.4) is 0 Å². The van der Waals surface area contributed by atoms with Gasteiger partial charge in [-0.05, 0) is 55.5 Å². The molecule has 1 aliphatic rings. The molecule has 2 heterocycles. The molecule has 0 radical (unpaired) electrons. The topological polar surface area (TPSA) is 101 Å². The molecule has 1 fully saturated rings. The zero-order chi connectivity index (χ0) is 24.6. The molecule has 2 aromatic heterocycles. The van der Waals surface area contributed by atoms with E-state index in [1.54, 1.807) is 24.3 Å². The number of ether oxygens (including phenoxy) is 1. The number of carbonyl (C=O) groups is 3. The first-order valence-electron chi connectivity index (χ1n) is 11.8. The highest BCUT2D eigenvalue weighted by molar-refractivity contribution is 7.10. The highest BCUT2D eigenvalue weighted by atomic mass is 32.1. The zero-order valence-electron chi connectivity index (χ0n) is 19.6. The summed E-state index contributed by atoms with van der Waals surface area (Å²) >= 11 is 1.40. The molecule has 8 nitrogen and oxygen atoms in total. The third-order valence-corrected chi connectivity index (χ3v) is 6.78. The molecule has 1 saturated carbocycles. The molecule has 1 aliphatic carbocycles. The van der Waals surface area contributed by atoms with Crippen molar-refractivity contribution in [3.63, 3.8) is 0 Å².